The molecule has 1 aromatic rings. The van der Waals surface area contributed by atoms with E-state index in [1.54, 1.807) is 21.9 Å². The molecule has 0 aromatic carbocycles. The van der Waals surface area contributed by atoms with Gasteiger partial charge in [0, 0.05) is 0 Å². The van der Waals surface area contributed by atoms with E-state index in [4.69, 9.17) is 4.42 Å². The minimum atomic E-state index is -0.770. The van der Waals surface area contributed by atoms with Crippen molar-refractivity contribution in [1.29, 1.82) is 0 Å². The quantitative estimate of drug-likeness (QED) is 0.444. The summed E-state index contributed by atoms with van der Waals surface area (Å²) in [6.45, 7) is 0.917. The number of carbonyl (C=O) groups is 1. The summed E-state index contributed by atoms with van der Waals surface area (Å²) in [5.41, 5.74) is 0. The fourth-order valence-corrected chi connectivity index (χ4v) is 1.90. The molecule has 0 unspecified atom stereocenters. The first-order valence-corrected chi connectivity index (χ1v) is 6.12. The fourth-order valence-electron chi connectivity index (χ4n) is 1.90. The monoisotopic (exact) mass is 297 g/mol. The third-order valence-corrected chi connectivity index (χ3v) is 2.81. The van der Waals surface area contributed by atoms with E-state index < -0.39 is 5.03 Å². The van der Waals surface area contributed by atoms with E-state index in [9.17, 15) is 14.9 Å². The number of hydrogen-bond donors (Lipinski definition) is 1. The molecule has 1 N–H and O–H groups in total. The van der Waals surface area contributed by atoms with E-state index in [1.165, 1.54) is 13.4 Å². The van der Waals surface area contributed by atoms with Gasteiger partial charge in [-0.2, -0.15) is 0 Å². The van der Waals surface area contributed by atoms with Gasteiger partial charge in [-0.15, -0.1) is 0 Å². The molecule has 1 saturated heterocycles. The lowest BCUT2D eigenvalue weighted by Crippen LogP contribution is -2.57. The summed E-state index contributed by atoms with van der Waals surface area (Å²) in [7, 11) is 1.31. The van der Waals surface area contributed by atoms with Gasteiger partial charge in [-0.05, 0) is 12.1 Å². The van der Waals surface area contributed by atoms with Crippen LogP contribution in [0.1, 0.15) is 5.76 Å². The lowest BCUT2D eigenvalue weighted by molar-refractivity contribution is -0.486. The molecule has 1 aliphatic heterocycles. The number of nitrogens with zero attached hydrogens (tertiary/aromatic N) is 4. The van der Waals surface area contributed by atoms with Gasteiger partial charge < -0.3 is 19.4 Å². The number of nitrogens with one attached hydrogen (secondary N) is 1. The van der Waals surface area contributed by atoms with Crippen LogP contribution in [0.4, 0.5) is 0 Å². The Hall–Kier alpha value is -2.62. The Labute approximate surface area is 120 Å². The predicted octanol–water partition coefficient (Wildman–Crippen LogP) is -0.377. The lowest BCUT2D eigenvalue weighted by Gasteiger charge is -2.35. The number of methoxy groups -OCH3 is 1. The molecule has 21 heavy (non-hydrogen) atoms. The van der Waals surface area contributed by atoms with Crippen LogP contribution in [0, 0.1) is 10.1 Å². The number of hydrogen-bond acceptors (Lipinski definition) is 6. The third kappa shape index (κ3) is 4.18. The number of nitro groups is 1. The van der Waals surface area contributed by atoms with Gasteiger partial charge in [-0.1, -0.05) is 0 Å². The van der Waals surface area contributed by atoms with Crippen molar-refractivity contribution >= 4 is 11.9 Å². The molecule has 114 valence electrons. The van der Waals surface area contributed by atoms with Crippen molar-refractivity contribution in [3.63, 3.8) is 0 Å². The van der Waals surface area contributed by atoms with Gasteiger partial charge in [0.25, 0.3) is 5.96 Å². The molecule has 0 spiro atoms. The second-order valence-electron chi connectivity index (χ2n) is 4.32. The Morgan fingerprint density at radius 1 is 1.67 bits per heavy atom. The van der Waals surface area contributed by atoms with Crippen molar-refractivity contribution in [3.05, 3.63) is 34.3 Å². The van der Waals surface area contributed by atoms with Crippen LogP contribution in [0.15, 0.2) is 27.9 Å². The zero-order chi connectivity index (χ0) is 15.2. The smallest absolute Gasteiger partial charge is 0.319 e. The molecule has 0 saturated carbocycles. The van der Waals surface area contributed by atoms with Gasteiger partial charge >= 0.3 is 5.97 Å². The number of carbonyl (C=O) groups excluding carboxylic acids is 1. The standard InChI is InChI=1S/C11H15N5O5/c1-20-10(17)6-14-7-12-11(13-16(18)19)15(8-14)5-9-3-2-4-21-9/h2-4H,5-8H2,1H3,(H,12,13). The van der Waals surface area contributed by atoms with Gasteiger partial charge in [-0.3, -0.25) is 9.69 Å². The van der Waals surface area contributed by atoms with Crippen LogP contribution in [0.5, 0.6) is 0 Å². The molecule has 0 amide bonds. The van der Waals surface area contributed by atoms with Crippen molar-refractivity contribution in [2.24, 2.45) is 5.10 Å². The first-order valence-electron chi connectivity index (χ1n) is 6.12. The van der Waals surface area contributed by atoms with Crippen LogP contribution in [0.2, 0.25) is 0 Å². The van der Waals surface area contributed by atoms with Crippen LogP contribution in [-0.2, 0) is 16.1 Å². The van der Waals surface area contributed by atoms with E-state index in [0.29, 0.717) is 12.3 Å². The second kappa shape index (κ2) is 6.70. The maximum absolute atomic E-state index is 11.3. The number of esters is 1. The molecule has 0 radical (unpaired) electrons. The van der Waals surface area contributed by atoms with E-state index in [-0.39, 0.29) is 31.8 Å². The van der Waals surface area contributed by atoms with E-state index in [0.717, 1.165) is 0 Å². The Morgan fingerprint density at radius 2 is 2.48 bits per heavy atom. The molecule has 1 aliphatic rings. The molecule has 2 heterocycles. The molecule has 10 nitrogen and oxygen atoms in total. The van der Waals surface area contributed by atoms with E-state index >= 15 is 0 Å². The minimum absolute atomic E-state index is 0.0733. The van der Waals surface area contributed by atoms with Crippen molar-refractivity contribution in [1.82, 2.24) is 15.1 Å². The van der Waals surface area contributed by atoms with Gasteiger partial charge in [0.05, 0.1) is 39.8 Å². The van der Waals surface area contributed by atoms with Crippen molar-refractivity contribution in [2.75, 3.05) is 27.0 Å². The van der Waals surface area contributed by atoms with Gasteiger partial charge in [0.15, 0.2) is 5.03 Å². The topological polar surface area (TPSA) is 113 Å². The van der Waals surface area contributed by atoms with Crippen molar-refractivity contribution < 1.29 is 19.0 Å². The second-order valence-corrected chi connectivity index (χ2v) is 4.32. The Morgan fingerprint density at radius 3 is 3.10 bits per heavy atom. The zero-order valence-electron chi connectivity index (χ0n) is 11.4. The first kappa shape index (κ1) is 14.8. The molecule has 0 atom stereocenters. The van der Waals surface area contributed by atoms with Gasteiger partial charge in [-0.25, -0.2) is 10.1 Å². The van der Waals surface area contributed by atoms with Gasteiger partial charge in [0.1, 0.15) is 10.9 Å². The van der Waals surface area contributed by atoms with Crippen LogP contribution in [0.3, 0.4) is 0 Å². The van der Waals surface area contributed by atoms with Crippen LogP contribution >= 0.6 is 0 Å². The highest BCUT2D eigenvalue weighted by atomic mass is 16.7. The number of hydrazone groups is 1. The maximum atomic E-state index is 11.3. The summed E-state index contributed by atoms with van der Waals surface area (Å²) in [5, 5.41) is 15.9. The van der Waals surface area contributed by atoms with E-state index in [1.807, 2.05) is 0 Å². The summed E-state index contributed by atoms with van der Waals surface area (Å²) in [6.07, 6.45) is 1.52. The summed E-state index contributed by atoms with van der Waals surface area (Å²) in [5.74, 6) is 0.370. The average molecular weight is 297 g/mol. The fraction of sp³-hybridized carbons (Fsp3) is 0.455. The molecule has 0 aliphatic carbocycles. The van der Waals surface area contributed by atoms with Crippen molar-refractivity contribution in [2.45, 2.75) is 6.54 Å². The molecule has 1 fully saturated rings. The highest BCUT2D eigenvalue weighted by molar-refractivity contribution is 5.80. The lowest BCUT2D eigenvalue weighted by atomic mass is 10.4. The number of guanidine groups is 1. The molecule has 0 bridgehead atoms. The number of rotatable bonds is 5. The zero-order valence-corrected chi connectivity index (χ0v) is 11.4. The minimum Gasteiger partial charge on any atom is -0.468 e. The molecule has 2 rings (SSSR count). The first-order chi connectivity index (χ1) is 10.1. The molecule has 1 aromatic heterocycles. The van der Waals surface area contributed by atoms with Gasteiger partial charge in [0.2, 0.25) is 0 Å². The molecular formula is C11H15N5O5. The number of furan rings is 1. The summed E-state index contributed by atoms with van der Waals surface area (Å²) in [6, 6.07) is 3.48. The maximum Gasteiger partial charge on any atom is 0.319 e. The number of ether oxygens (including phenoxy) is 1. The van der Waals surface area contributed by atoms with Crippen LogP contribution in [-0.4, -0.2) is 53.8 Å². The van der Waals surface area contributed by atoms with Crippen LogP contribution < -0.4 is 5.32 Å². The SMILES string of the molecule is COC(=O)CN1CN/C(=N\[N+](=O)[O-])N(Cc2ccco2)C1. The molecular weight excluding hydrogens is 282 g/mol. The molecule has 10 heteroatoms. The largest absolute Gasteiger partial charge is 0.468 e. The summed E-state index contributed by atoms with van der Waals surface area (Å²) in [4.78, 5) is 25.2. The summed E-state index contributed by atoms with van der Waals surface area (Å²) < 4.78 is 9.82. The normalized spacial score (nSPS) is 17.6. The highest BCUT2D eigenvalue weighted by Crippen LogP contribution is 2.09. The van der Waals surface area contributed by atoms with E-state index in [2.05, 4.69) is 15.2 Å². The summed E-state index contributed by atoms with van der Waals surface area (Å²) >= 11 is 0. The third-order valence-electron chi connectivity index (χ3n) is 2.81. The Bertz CT molecular complexity index is 529. The average Bonchev–Trinajstić information content (AvgIpc) is 2.94. The Balaban J connectivity index is 2.07. The van der Waals surface area contributed by atoms with Crippen molar-refractivity contribution in [3.8, 4) is 0 Å². The predicted molar refractivity (Wildman–Crippen MR) is 70.3 cm³/mol. The Kier molecular flexibility index (Phi) is 4.72. The van der Waals surface area contributed by atoms with Crippen LogP contribution in [0.25, 0.3) is 0 Å². The highest BCUT2D eigenvalue weighted by Gasteiger charge is 2.26.